The van der Waals surface area contributed by atoms with Crippen LogP contribution in [0, 0.1) is 5.82 Å². The lowest BCUT2D eigenvalue weighted by Crippen LogP contribution is -2.38. The van der Waals surface area contributed by atoms with Gasteiger partial charge in [0.05, 0.1) is 12.8 Å². The Bertz CT molecular complexity index is 1150. The fraction of sp³-hybridized carbons (Fsp3) is 0.182. The third-order valence-corrected chi connectivity index (χ3v) is 4.58. The van der Waals surface area contributed by atoms with E-state index in [0.29, 0.717) is 4.90 Å². The molecule has 0 aliphatic carbocycles. The van der Waals surface area contributed by atoms with E-state index in [9.17, 15) is 23.6 Å². The van der Waals surface area contributed by atoms with Crippen molar-refractivity contribution in [1.82, 2.24) is 10.2 Å². The van der Waals surface area contributed by atoms with E-state index in [4.69, 9.17) is 14.6 Å². The van der Waals surface area contributed by atoms with Crippen LogP contribution >= 0.6 is 0 Å². The molecule has 0 spiro atoms. The largest absolute Gasteiger partial charge is 0.493 e. The van der Waals surface area contributed by atoms with Crippen molar-refractivity contribution in [3.63, 3.8) is 0 Å². The number of nitrogens with zero attached hydrogens (tertiary/aromatic N) is 1. The van der Waals surface area contributed by atoms with Crippen molar-refractivity contribution < 1.29 is 38.1 Å². The van der Waals surface area contributed by atoms with Crippen LogP contribution in [0.4, 0.5) is 14.9 Å². The van der Waals surface area contributed by atoms with Crippen LogP contribution in [-0.2, 0) is 14.4 Å². The van der Waals surface area contributed by atoms with Crippen LogP contribution in [-0.4, -0.2) is 53.6 Å². The highest BCUT2D eigenvalue weighted by atomic mass is 19.1. The minimum Gasteiger partial charge on any atom is -0.493 e. The fourth-order valence-corrected chi connectivity index (χ4v) is 2.93. The number of imide groups is 1. The van der Waals surface area contributed by atoms with Gasteiger partial charge in [-0.3, -0.25) is 9.59 Å². The zero-order valence-electron chi connectivity index (χ0n) is 17.6. The topological polar surface area (TPSA) is 134 Å². The summed E-state index contributed by atoms with van der Waals surface area (Å²) in [5.41, 5.74) is 0.0135. The second-order valence-electron chi connectivity index (χ2n) is 6.88. The highest BCUT2D eigenvalue weighted by Gasteiger charge is 2.35. The van der Waals surface area contributed by atoms with Crippen LogP contribution in [0.5, 0.6) is 11.5 Å². The number of carboxylic acid groups (broad SMARTS) is 1. The highest BCUT2D eigenvalue weighted by molar-refractivity contribution is 6.16. The maximum atomic E-state index is 13.7. The number of carbonyl (C=O) groups is 4. The van der Waals surface area contributed by atoms with Gasteiger partial charge in [0, 0.05) is 5.56 Å². The molecular formula is C22H20FN3O7. The maximum Gasteiger partial charge on any atom is 0.344 e. The first-order valence-corrected chi connectivity index (χ1v) is 9.66. The van der Waals surface area contributed by atoms with Crippen LogP contribution in [0.1, 0.15) is 12.5 Å². The van der Waals surface area contributed by atoms with Gasteiger partial charge in [-0.15, -0.1) is 0 Å². The number of rotatable bonds is 8. The van der Waals surface area contributed by atoms with E-state index in [2.05, 4.69) is 10.6 Å². The van der Waals surface area contributed by atoms with Gasteiger partial charge in [-0.1, -0.05) is 24.3 Å². The van der Waals surface area contributed by atoms with Gasteiger partial charge in [0.1, 0.15) is 18.1 Å². The molecule has 172 valence electrons. The number of urea groups is 1. The number of ether oxygens (including phenoxy) is 2. The molecule has 3 N–H and O–H groups in total. The zero-order chi connectivity index (χ0) is 24.1. The average Bonchev–Trinajstić information content (AvgIpc) is 3.03. The first kappa shape index (κ1) is 23.3. The Labute approximate surface area is 187 Å². The summed E-state index contributed by atoms with van der Waals surface area (Å²) in [6.07, 6.45) is 0.0624. The molecular weight excluding hydrogens is 437 g/mol. The molecule has 0 radical (unpaired) electrons. The summed E-state index contributed by atoms with van der Waals surface area (Å²) in [6, 6.07) is 9.28. The third kappa shape index (κ3) is 5.26. The number of hydrogen-bond donors (Lipinski definition) is 3. The predicted octanol–water partition coefficient (Wildman–Crippen LogP) is 2.22. The van der Waals surface area contributed by atoms with Gasteiger partial charge in [-0.05, 0) is 31.2 Å². The number of nitrogens with one attached hydrogen (secondary N) is 2. The highest BCUT2D eigenvalue weighted by Crippen LogP contribution is 2.34. The molecule has 1 aliphatic rings. The third-order valence-electron chi connectivity index (χ3n) is 4.58. The molecule has 33 heavy (non-hydrogen) atoms. The summed E-state index contributed by atoms with van der Waals surface area (Å²) < 4.78 is 24.4. The number of aliphatic carboxylic acids is 1. The summed E-state index contributed by atoms with van der Waals surface area (Å²) in [7, 11) is 1.36. The number of hydrogen-bond acceptors (Lipinski definition) is 6. The van der Waals surface area contributed by atoms with Crippen molar-refractivity contribution in [3.8, 4) is 11.5 Å². The number of carbonyl (C=O) groups excluding carboxylic acids is 3. The van der Waals surface area contributed by atoms with Gasteiger partial charge in [-0.2, -0.15) is 0 Å². The summed E-state index contributed by atoms with van der Waals surface area (Å²) in [6.45, 7) is 0.679. The molecule has 1 aliphatic heterocycles. The number of anilines is 1. The SMILES string of the molecule is COc1cccc(/C=C2\NC(=O)N(CC(=O)Nc3ccccc3F)C2=O)c1O[C@@H](C)C(=O)O. The Balaban J connectivity index is 1.81. The number of methoxy groups -OCH3 is 1. The van der Waals surface area contributed by atoms with E-state index in [1.165, 1.54) is 44.4 Å². The molecule has 4 amide bonds. The first-order chi connectivity index (χ1) is 15.7. The van der Waals surface area contributed by atoms with Crippen LogP contribution in [0.15, 0.2) is 48.2 Å². The van der Waals surface area contributed by atoms with Gasteiger partial charge in [-0.25, -0.2) is 18.9 Å². The van der Waals surface area contributed by atoms with E-state index >= 15 is 0 Å². The molecule has 1 heterocycles. The number of para-hydroxylation sites is 2. The van der Waals surface area contributed by atoms with Crippen molar-refractivity contribution in [2.45, 2.75) is 13.0 Å². The van der Waals surface area contributed by atoms with E-state index < -0.39 is 42.3 Å². The molecule has 1 fully saturated rings. The van der Waals surface area contributed by atoms with Gasteiger partial charge in [0.15, 0.2) is 17.6 Å². The summed E-state index contributed by atoms with van der Waals surface area (Å²) in [5, 5.41) is 13.8. The molecule has 0 unspecified atom stereocenters. The van der Waals surface area contributed by atoms with E-state index in [-0.39, 0.29) is 28.4 Å². The van der Waals surface area contributed by atoms with E-state index in [0.717, 1.165) is 6.07 Å². The van der Waals surface area contributed by atoms with E-state index in [1.807, 2.05) is 0 Å². The second kappa shape index (κ2) is 9.81. The quantitative estimate of drug-likeness (QED) is 0.409. The fourth-order valence-electron chi connectivity index (χ4n) is 2.93. The van der Waals surface area contributed by atoms with Gasteiger partial charge >= 0.3 is 12.0 Å². The van der Waals surface area contributed by atoms with Crippen molar-refractivity contribution in [2.24, 2.45) is 0 Å². The normalized spacial score (nSPS) is 15.2. The molecule has 11 heteroatoms. The maximum absolute atomic E-state index is 13.7. The molecule has 3 rings (SSSR count). The molecule has 0 saturated carbocycles. The minimum absolute atomic E-state index is 0.0557. The molecule has 1 saturated heterocycles. The molecule has 10 nitrogen and oxygen atoms in total. The van der Waals surface area contributed by atoms with Gasteiger partial charge in [0.2, 0.25) is 5.91 Å². The molecule has 1 atom stereocenters. The molecule has 2 aromatic rings. The first-order valence-electron chi connectivity index (χ1n) is 9.66. The number of halogens is 1. The van der Waals surface area contributed by atoms with E-state index in [1.54, 1.807) is 12.1 Å². The number of amides is 4. The Morgan fingerprint density at radius 1 is 1.21 bits per heavy atom. The molecule has 0 bridgehead atoms. The summed E-state index contributed by atoms with van der Waals surface area (Å²) >= 11 is 0. The summed E-state index contributed by atoms with van der Waals surface area (Å²) in [4.78, 5) is 49.1. The average molecular weight is 457 g/mol. The molecule has 0 aromatic heterocycles. The second-order valence-corrected chi connectivity index (χ2v) is 6.88. The Morgan fingerprint density at radius 2 is 1.94 bits per heavy atom. The predicted molar refractivity (Wildman–Crippen MR) is 114 cm³/mol. The van der Waals surface area contributed by atoms with Crippen molar-refractivity contribution >= 4 is 35.6 Å². The van der Waals surface area contributed by atoms with Crippen LogP contribution < -0.4 is 20.1 Å². The number of benzene rings is 2. The lowest BCUT2D eigenvalue weighted by Gasteiger charge is -2.16. The lowest BCUT2D eigenvalue weighted by molar-refractivity contribution is -0.144. The van der Waals surface area contributed by atoms with Crippen LogP contribution in [0.3, 0.4) is 0 Å². The van der Waals surface area contributed by atoms with Crippen molar-refractivity contribution in [3.05, 3.63) is 59.5 Å². The standard InChI is InChI=1S/C22H20FN3O7/c1-12(21(29)30)33-19-13(6-5-9-17(19)32-2)10-16-20(28)26(22(31)25-16)11-18(27)24-15-8-4-3-7-14(15)23/h3-10,12H,11H2,1-2H3,(H,24,27)(H,25,31)(H,29,30)/b16-10-/t12-/m0/s1. The van der Waals surface area contributed by atoms with Gasteiger partial charge < -0.3 is 25.2 Å². The Hall–Kier alpha value is -4.41. The van der Waals surface area contributed by atoms with Crippen LogP contribution in [0.2, 0.25) is 0 Å². The molecule has 2 aromatic carbocycles. The Morgan fingerprint density at radius 3 is 2.61 bits per heavy atom. The monoisotopic (exact) mass is 457 g/mol. The van der Waals surface area contributed by atoms with Crippen LogP contribution in [0.25, 0.3) is 6.08 Å². The minimum atomic E-state index is -1.22. The number of carboxylic acids is 1. The zero-order valence-corrected chi connectivity index (χ0v) is 17.6. The lowest BCUT2D eigenvalue weighted by atomic mass is 10.1. The van der Waals surface area contributed by atoms with Crippen molar-refractivity contribution in [1.29, 1.82) is 0 Å². The summed E-state index contributed by atoms with van der Waals surface area (Å²) in [5.74, 6) is -3.17. The van der Waals surface area contributed by atoms with Crippen molar-refractivity contribution in [2.75, 3.05) is 19.0 Å². The smallest absolute Gasteiger partial charge is 0.344 e. The van der Waals surface area contributed by atoms with Gasteiger partial charge in [0.25, 0.3) is 5.91 Å². The Kier molecular flexibility index (Phi) is 6.91.